The van der Waals surface area contributed by atoms with Crippen LogP contribution in [0.3, 0.4) is 0 Å². The maximum absolute atomic E-state index is 12.4. The lowest BCUT2D eigenvalue weighted by Crippen LogP contribution is -2.50. The molecule has 0 spiro atoms. The van der Waals surface area contributed by atoms with Crippen molar-refractivity contribution in [1.29, 1.82) is 0 Å². The van der Waals surface area contributed by atoms with Crippen molar-refractivity contribution in [2.45, 2.75) is 12.8 Å². The number of rotatable bonds is 6. The van der Waals surface area contributed by atoms with Crippen molar-refractivity contribution in [1.82, 2.24) is 9.88 Å². The molecule has 1 saturated carbocycles. The van der Waals surface area contributed by atoms with E-state index in [1.54, 1.807) is 18.3 Å². The highest BCUT2D eigenvalue weighted by Crippen LogP contribution is 2.30. The molecule has 28 heavy (non-hydrogen) atoms. The SMILES string of the molecule is O=C(Nc1ccc(OCC(=O)N2CCN(c3ccccc3)CC2)nc1)C1CC1. The van der Waals surface area contributed by atoms with Crippen LogP contribution in [0.2, 0.25) is 0 Å². The lowest BCUT2D eigenvalue weighted by molar-refractivity contribution is -0.133. The van der Waals surface area contributed by atoms with E-state index in [-0.39, 0.29) is 24.3 Å². The summed E-state index contributed by atoms with van der Waals surface area (Å²) in [5.41, 5.74) is 1.83. The van der Waals surface area contributed by atoms with E-state index in [2.05, 4.69) is 27.3 Å². The van der Waals surface area contributed by atoms with Gasteiger partial charge in [0.05, 0.1) is 11.9 Å². The average molecular weight is 380 g/mol. The lowest BCUT2D eigenvalue weighted by Gasteiger charge is -2.36. The third-order valence-electron chi connectivity index (χ3n) is 5.05. The Balaban J connectivity index is 1.22. The molecule has 1 aromatic carbocycles. The van der Waals surface area contributed by atoms with Crippen molar-refractivity contribution in [3.8, 4) is 5.88 Å². The Bertz CT molecular complexity index is 813. The van der Waals surface area contributed by atoms with Gasteiger partial charge in [0.15, 0.2) is 6.61 Å². The second-order valence-corrected chi connectivity index (χ2v) is 7.14. The minimum absolute atomic E-state index is 0.0356. The first-order valence-electron chi connectivity index (χ1n) is 9.66. The third kappa shape index (κ3) is 4.60. The molecule has 0 atom stereocenters. The number of aromatic nitrogens is 1. The van der Waals surface area contributed by atoms with Crippen molar-refractivity contribution < 1.29 is 14.3 Å². The van der Waals surface area contributed by atoms with Crippen LogP contribution in [0.1, 0.15) is 12.8 Å². The zero-order chi connectivity index (χ0) is 19.3. The molecule has 4 rings (SSSR count). The Morgan fingerprint density at radius 3 is 2.43 bits per heavy atom. The normalized spacial score (nSPS) is 16.6. The summed E-state index contributed by atoms with van der Waals surface area (Å²) in [6, 6.07) is 13.6. The van der Waals surface area contributed by atoms with Crippen LogP contribution in [0.4, 0.5) is 11.4 Å². The van der Waals surface area contributed by atoms with Gasteiger partial charge in [0, 0.05) is 43.9 Å². The van der Waals surface area contributed by atoms with Gasteiger partial charge in [-0.25, -0.2) is 4.98 Å². The maximum atomic E-state index is 12.4. The number of piperazine rings is 1. The van der Waals surface area contributed by atoms with E-state index in [0.717, 1.165) is 25.9 Å². The maximum Gasteiger partial charge on any atom is 0.260 e. The van der Waals surface area contributed by atoms with Crippen LogP contribution in [0.15, 0.2) is 48.7 Å². The molecule has 1 saturated heterocycles. The van der Waals surface area contributed by atoms with Gasteiger partial charge in [0.2, 0.25) is 11.8 Å². The van der Waals surface area contributed by atoms with E-state index in [4.69, 9.17) is 4.74 Å². The number of anilines is 2. The van der Waals surface area contributed by atoms with Crippen LogP contribution in [-0.4, -0.2) is 54.5 Å². The minimum Gasteiger partial charge on any atom is -0.468 e. The molecule has 2 heterocycles. The largest absolute Gasteiger partial charge is 0.468 e. The molecule has 0 bridgehead atoms. The predicted molar refractivity (Wildman–Crippen MR) is 106 cm³/mol. The number of pyridine rings is 1. The first kappa shape index (κ1) is 18.3. The van der Waals surface area contributed by atoms with Crippen molar-refractivity contribution in [2.24, 2.45) is 5.92 Å². The predicted octanol–water partition coefficient (Wildman–Crippen LogP) is 2.16. The molecule has 1 aliphatic carbocycles. The Kier molecular flexibility index (Phi) is 5.41. The molecule has 1 aromatic heterocycles. The summed E-state index contributed by atoms with van der Waals surface area (Å²) in [5.74, 6) is 0.525. The van der Waals surface area contributed by atoms with Gasteiger partial charge in [0.1, 0.15) is 0 Å². The lowest BCUT2D eigenvalue weighted by atomic mass is 10.2. The second kappa shape index (κ2) is 8.29. The molecule has 0 unspecified atom stereocenters. The molecular formula is C21H24N4O3. The quantitative estimate of drug-likeness (QED) is 0.831. The first-order chi connectivity index (χ1) is 13.7. The van der Waals surface area contributed by atoms with Gasteiger partial charge >= 0.3 is 0 Å². The molecule has 2 aliphatic rings. The fourth-order valence-electron chi connectivity index (χ4n) is 3.21. The molecule has 0 radical (unpaired) electrons. The van der Waals surface area contributed by atoms with Crippen LogP contribution in [0, 0.1) is 5.92 Å². The van der Waals surface area contributed by atoms with Crippen LogP contribution in [0.25, 0.3) is 0 Å². The van der Waals surface area contributed by atoms with Crippen LogP contribution in [-0.2, 0) is 9.59 Å². The van der Waals surface area contributed by atoms with Gasteiger partial charge in [-0.05, 0) is 31.0 Å². The Hall–Kier alpha value is -3.09. The number of hydrogen-bond acceptors (Lipinski definition) is 5. The van der Waals surface area contributed by atoms with E-state index in [1.165, 1.54) is 5.69 Å². The van der Waals surface area contributed by atoms with E-state index in [0.29, 0.717) is 24.7 Å². The van der Waals surface area contributed by atoms with Crippen molar-refractivity contribution in [3.05, 3.63) is 48.7 Å². The number of nitrogens with zero attached hydrogens (tertiary/aromatic N) is 3. The number of para-hydroxylation sites is 1. The summed E-state index contributed by atoms with van der Waals surface area (Å²) in [7, 11) is 0. The van der Waals surface area contributed by atoms with Crippen LogP contribution in [0.5, 0.6) is 5.88 Å². The fourth-order valence-corrected chi connectivity index (χ4v) is 3.21. The Morgan fingerprint density at radius 1 is 1.04 bits per heavy atom. The third-order valence-corrected chi connectivity index (χ3v) is 5.05. The molecular weight excluding hydrogens is 356 g/mol. The molecule has 7 heteroatoms. The summed E-state index contributed by atoms with van der Waals surface area (Å²) in [6.45, 7) is 2.94. The summed E-state index contributed by atoms with van der Waals surface area (Å²) < 4.78 is 5.52. The minimum atomic E-state index is -0.0411. The molecule has 2 amide bonds. The number of hydrogen-bond donors (Lipinski definition) is 1. The highest BCUT2D eigenvalue weighted by molar-refractivity contribution is 5.93. The smallest absolute Gasteiger partial charge is 0.260 e. The van der Waals surface area contributed by atoms with Gasteiger partial charge in [0.25, 0.3) is 5.91 Å². The zero-order valence-corrected chi connectivity index (χ0v) is 15.7. The standard InChI is InChI=1S/C21H24N4O3/c26-20(25-12-10-24(11-13-25)18-4-2-1-3-5-18)15-28-19-9-8-17(14-22-19)23-21(27)16-6-7-16/h1-5,8-9,14,16H,6-7,10-13,15H2,(H,23,27). The van der Waals surface area contributed by atoms with E-state index in [9.17, 15) is 9.59 Å². The van der Waals surface area contributed by atoms with E-state index >= 15 is 0 Å². The Labute approximate surface area is 164 Å². The summed E-state index contributed by atoms with van der Waals surface area (Å²) >= 11 is 0. The molecule has 2 aromatic rings. The summed E-state index contributed by atoms with van der Waals surface area (Å²) in [4.78, 5) is 32.4. The van der Waals surface area contributed by atoms with Gasteiger partial charge < -0.3 is 19.9 Å². The van der Waals surface area contributed by atoms with Crippen molar-refractivity contribution in [3.63, 3.8) is 0 Å². The van der Waals surface area contributed by atoms with Crippen LogP contribution >= 0.6 is 0 Å². The van der Waals surface area contributed by atoms with Gasteiger partial charge in [-0.15, -0.1) is 0 Å². The molecule has 2 fully saturated rings. The average Bonchev–Trinajstić information content (AvgIpc) is 3.59. The van der Waals surface area contributed by atoms with Gasteiger partial charge in [-0.3, -0.25) is 9.59 Å². The number of carbonyl (C=O) groups excluding carboxylic acids is 2. The zero-order valence-electron chi connectivity index (χ0n) is 15.7. The van der Waals surface area contributed by atoms with E-state index in [1.807, 2.05) is 23.1 Å². The molecule has 1 N–H and O–H groups in total. The number of benzene rings is 1. The number of ether oxygens (including phenoxy) is 1. The number of amides is 2. The molecule has 146 valence electrons. The summed E-state index contributed by atoms with van der Waals surface area (Å²) in [6.07, 6.45) is 3.48. The molecule has 1 aliphatic heterocycles. The van der Waals surface area contributed by atoms with Gasteiger partial charge in [-0.1, -0.05) is 18.2 Å². The number of carbonyl (C=O) groups is 2. The highest BCUT2D eigenvalue weighted by atomic mass is 16.5. The highest BCUT2D eigenvalue weighted by Gasteiger charge is 2.29. The van der Waals surface area contributed by atoms with Crippen LogP contribution < -0.4 is 15.0 Å². The summed E-state index contributed by atoms with van der Waals surface area (Å²) in [5, 5.41) is 2.83. The monoisotopic (exact) mass is 380 g/mol. The van der Waals surface area contributed by atoms with Crippen molar-refractivity contribution >= 4 is 23.2 Å². The Morgan fingerprint density at radius 2 is 1.79 bits per heavy atom. The topological polar surface area (TPSA) is 74.8 Å². The molecule has 7 nitrogen and oxygen atoms in total. The first-order valence-corrected chi connectivity index (χ1v) is 9.66. The van der Waals surface area contributed by atoms with Crippen molar-refractivity contribution in [2.75, 3.05) is 43.0 Å². The van der Waals surface area contributed by atoms with E-state index < -0.39 is 0 Å². The van der Waals surface area contributed by atoms with Gasteiger partial charge in [-0.2, -0.15) is 0 Å². The fraction of sp³-hybridized carbons (Fsp3) is 0.381. The second-order valence-electron chi connectivity index (χ2n) is 7.14. The number of nitrogens with one attached hydrogen (secondary N) is 1.